The molecule has 6 heteroatoms. The first-order chi connectivity index (χ1) is 7.68. The molecule has 0 amide bonds. The van der Waals surface area contributed by atoms with Crippen molar-refractivity contribution in [1.82, 2.24) is 15.2 Å². The number of hydrogen-bond acceptors (Lipinski definition) is 5. The van der Waals surface area contributed by atoms with Gasteiger partial charge in [-0.3, -0.25) is 4.90 Å². The molecule has 1 aromatic heterocycles. The van der Waals surface area contributed by atoms with E-state index in [1.165, 1.54) is 11.3 Å². The number of hydrogen-bond donors (Lipinski definition) is 2. The van der Waals surface area contributed by atoms with Gasteiger partial charge in [0.1, 0.15) is 5.01 Å². The van der Waals surface area contributed by atoms with Crippen LogP contribution in [0.5, 0.6) is 0 Å². The van der Waals surface area contributed by atoms with Crippen molar-refractivity contribution >= 4 is 17.3 Å². The van der Waals surface area contributed by atoms with E-state index in [9.17, 15) is 4.79 Å². The zero-order valence-electron chi connectivity index (χ0n) is 9.14. The highest BCUT2D eigenvalue weighted by atomic mass is 32.1. The molecule has 1 fully saturated rings. The largest absolute Gasteiger partial charge is 0.476 e. The Labute approximate surface area is 98.1 Å². The van der Waals surface area contributed by atoms with Gasteiger partial charge >= 0.3 is 5.97 Å². The maximum Gasteiger partial charge on any atom is 0.355 e. The second-order valence-corrected chi connectivity index (χ2v) is 4.73. The number of carboxylic acid groups (broad SMARTS) is 1. The Morgan fingerprint density at radius 2 is 2.31 bits per heavy atom. The van der Waals surface area contributed by atoms with Gasteiger partial charge in [0.05, 0.1) is 6.04 Å². The van der Waals surface area contributed by atoms with E-state index in [0.717, 1.165) is 31.2 Å². The van der Waals surface area contributed by atoms with E-state index in [0.29, 0.717) is 0 Å². The standard InChI is InChI=1S/C10H15N3O2S/c1-7(13-4-2-11-3-5-13)9-12-8(6-16-9)10(14)15/h6-7,11H,2-5H2,1H3,(H,14,15). The smallest absolute Gasteiger partial charge is 0.355 e. The van der Waals surface area contributed by atoms with Gasteiger partial charge < -0.3 is 10.4 Å². The minimum atomic E-state index is -0.949. The first kappa shape index (κ1) is 11.5. The highest BCUT2D eigenvalue weighted by molar-refractivity contribution is 7.09. The van der Waals surface area contributed by atoms with Gasteiger partial charge in [-0.05, 0) is 6.92 Å². The fraction of sp³-hybridized carbons (Fsp3) is 0.600. The molecule has 0 bridgehead atoms. The lowest BCUT2D eigenvalue weighted by molar-refractivity contribution is 0.0690. The first-order valence-electron chi connectivity index (χ1n) is 5.32. The molecule has 2 rings (SSSR count). The predicted octanol–water partition coefficient (Wildman–Crippen LogP) is 0.808. The molecule has 1 saturated heterocycles. The summed E-state index contributed by atoms with van der Waals surface area (Å²) in [4.78, 5) is 17.2. The Morgan fingerprint density at radius 3 is 2.88 bits per heavy atom. The highest BCUT2D eigenvalue weighted by Gasteiger charge is 2.21. The van der Waals surface area contributed by atoms with Gasteiger partial charge in [-0.25, -0.2) is 9.78 Å². The molecule has 2 N–H and O–H groups in total. The van der Waals surface area contributed by atoms with Gasteiger partial charge in [0.15, 0.2) is 5.69 Å². The van der Waals surface area contributed by atoms with E-state index in [-0.39, 0.29) is 11.7 Å². The third-order valence-corrected chi connectivity index (χ3v) is 3.81. The van der Waals surface area contributed by atoms with Crippen molar-refractivity contribution in [2.45, 2.75) is 13.0 Å². The molecule has 1 aliphatic heterocycles. The van der Waals surface area contributed by atoms with Gasteiger partial charge in [0, 0.05) is 31.6 Å². The molecule has 0 radical (unpaired) electrons. The van der Waals surface area contributed by atoms with Crippen LogP contribution in [0.1, 0.15) is 28.5 Å². The van der Waals surface area contributed by atoms with Crippen molar-refractivity contribution in [3.05, 3.63) is 16.1 Å². The lowest BCUT2D eigenvalue weighted by Crippen LogP contribution is -2.44. The number of thiazole rings is 1. The lowest BCUT2D eigenvalue weighted by atomic mass is 10.2. The molecule has 1 atom stereocenters. The Morgan fingerprint density at radius 1 is 1.62 bits per heavy atom. The Hall–Kier alpha value is -0.980. The molecule has 2 heterocycles. The fourth-order valence-corrected chi connectivity index (χ4v) is 2.69. The van der Waals surface area contributed by atoms with Crippen LogP contribution >= 0.6 is 11.3 Å². The van der Waals surface area contributed by atoms with E-state index >= 15 is 0 Å². The van der Waals surface area contributed by atoms with Gasteiger partial charge in [-0.15, -0.1) is 11.3 Å². The summed E-state index contributed by atoms with van der Waals surface area (Å²) in [6.07, 6.45) is 0. The maximum absolute atomic E-state index is 10.7. The van der Waals surface area contributed by atoms with Crippen LogP contribution in [0.2, 0.25) is 0 Å². The van der Waals surface area contributed by atoms with Gasteiger partial charge in [0.25, 0.3) is 0 Å². The number of nitrogens with one attached hydrogen (secondary N) is 1. The molecular weight excluding hydrogens is 226 g/mol. The van der Waals surface area contributed by atoms with Crippen LogP contribution in [-0.4, -0.2) is 47.1 Å². The third kappa shape index (κ3) is 2.40. The van der Waals surface area contributed by atoms with Crippen LogP contribution < -0.4 is 5.32 Å². The molecule has 0 spiro atoms. The first-order valence-corrected chi connectivity index (χ1v) is 6.20. The molecule has 16 heavy (non-hydrogen) atoms. The summed E-state index contributed by atoms with van der Waals surface area (Å²) in [5.41, 5.74) is 0.155. The third-order valence-electron chi connectivity index (χ3n) is 2.80. The van der Waals surface area contributed by atoms with E-state index < -0.39 is 5.97 Å². The van der Waals surface area contributed by atoms with Gasteiger partial charge in [-0.2, -0.15) is 0 Å². The minimum absolute atomic E-state index is 0.155. The summed E-state index contributed by atoms with van der Waals surface area (Å²) >= 11 is 1.43. The molecule has 0 aliphatic carbocycles. The number of aromatic carboxylic acids is 1. The second-order valence-electron chi connectivity index (χ2n) is 3.84. The molecule has 1 unspecified atom stereocenters. The highest BCUT2D eigenvalue weighted by Crippen LogP contribution is 2.23. The SMILES string of the molecule is CC(c1nc(C(=O)O)cs1)N1CCNCC1. The van der Waals surface area contributed by atoms with Crippen LogP contribution in [0.3, 0.4) is 0 Å². The number of nitrogens with zero attached hydrogens (tertiary/aromatic N) is 2. The monoisotopic (exact) mass is 241 g/mol. The van der Waals surface area contributed by atoms with Crippen molar-refractivity contribution in [1.29, 1.82) is 0 Å². The van der Waals surface area contributed by atoms with Crippen molar-refractivity contribution in [3.63, 3.8) is 0 Å². The predicted molar refractivity (Wildman–Crippen MR) is 61.9 cm³/mol. The summed E-state index contributed by atoms with van der Waals surface area (Å²) in [5.74, 6) is -0.949. The summed E-state index contributed by atoms with van der Waals surface area (Å²) in [7, 11) is 0. The normalized spacial score (nSPS) is 19.6. The van der Waals surface area contributed by atoms with E-state index in [1.807, 2.05) is 0 Å². The lowest BCUT2D eigenvalue weighted by Gasteiger charge is -2.31. The summed E-state index contributed by atoms with van der Waals surface area (Å²) in [6.45, 7) is 6.03. The summed E-state index contributed by atoms with van der Waals surface area (Å²) in [6, 6.07) is 0.209. The average Bonchev–Trinajstić information content (AvgIpc) is 2.78. The van der Waals surface area contributed by atoms with E-state index in [1.54, 1.807) is 5.38 Å². The summed E-state index contributed by atoms with van der Waals surface area (Å²) < 4.78 is 0. The Balaban J connectivity index is 2.07. The van der Waals surface area contributed by atoms with Crippen LogP contribution in [-0.2, 0) is 0 Å². The number of piperazine rings is 1. The number of carboxylic acids is 1. The maximum atomic E-state index is 10.7. The van der Waals surface area contributed by atoms with Crippen molar-refractivity contribution in [2.75, 3.05) is 26.2 Å². The van der Waals surface area contributed by atoms with E-state index in [4.69, 9.17) is 5.11 Å². The van der Waals surface area contributed by atoms with Crippen LogP contribution in [0.4, 0.5) is 0 Å². The molecule has 88 valence electrons. The zero-order chi connectivity index (χ0) is 11.5. The van der Waals surface area contributed by atoms with Crippen LogP contribution in [0.25, 0.3) is 0 Å². The molecule has 0 aromatic carbocycles. The zero-order valence-corrected chi connectivity index (χ0v) is 9.96. The minimum Gasteiger partial charge on any atom is -0.476 e. The molecule has 1 aliphatic rings. The average molecular weight is 241 g/mol. The number of rotatable bonds is 3. The van der Waals surface area contributed by atoms with Gasteiger partial charge in [0.2, 0.25) is 0 Å². The number of carbonyl (C=O) groups is 1. The fourth-order valence-electron chi connectivity index (χ4n) is 1.80. The number of aromatic nitrogens is 1. The topological polar surface area (TPSA) is 65.5 Å². The van der Waals surface area contributed by atoms with Crippen LogP contribution in [0, 0.1) is 0 Å². The quantitative estimate of drug-likeness (QED) is 0.819. The molecule has 5 nitrogen and oxygen atoms in total. The van der Waals surface area contributed by atoms with Crippen molar-refractivity contribution in [3.8, 4) is 0 Å². The van der Waals surface area contributed by atoms with E-state index in [2.05, 4.69) is 22.1 Å². The van der Waals surface area contributed by atoms with Crippen molar-refractivity contribution in [2.24, 2.45) is 0 Å². The van der Waals surface area contributed by atoms with Crippen molar-refractivity contribution < 1.29 is 9.90 Å². The second kappa shape index (κ2) is 4.90. The Kier molecular flexibility index (Phi) is 3.52. The summed E-state index contributed by atoms with van der Waals surface area (Å²) in [5, 5.41) is 14.6. The van der Waals surface area contributed by atoms with Crippen LogP contribution in [0.15, 0.2) is 5.38 Å². The van der Waals surface area contributed by atoms with Gasteiger partial charge in [-0.1, -0.05) is 0 Å². The molecule has 1 aromatic rings. The molecule has 0 saturated carbocycles. The Bertz CT molecular complexity index is 374. The molecular formula is C10H15N3O2S.